The van der Waals surface area contributed by atoms with Gasteiger partial charge in [0.2, 0.25) is 5.91 Å². The van der Waals surface area contributed by atoms with Crippen molar-refractivity contribution in [1.29, 1.82) is 0 Å². The molecule has 0 radical (unpaired) electrons. The van der Waals surface area contributed by atoms with E-state index < -0.39 is 0 Å². The molecule has 0 spiro atoms. The average molecular weight is 466 g/mol. The van der Waals surface area contributed by atoms with Gasteiger partial charge >= 0.3 is 0 Å². The van der Waals surface area contributed by atoms with Crippen molar-refractivity contribution in [1.82, 2.24) is 25.1 Å². The Hall–Kier alpha value is -2.91. The number of thioether (sulfide) groups is 1. The largest absolute Gasteiger partial charge is 0.355 e. The molecular weight excluding hydrogens is 442 g/mol. The van der Waals surface area contributed by atoms with E-state index in [1.807, 2.05) is 47.3 Å². The van der Waals surface area contributed by atoms with Gasteiger partial charge < -0.3 is 10.3 Å². The lowest BCUT2D eigenvalue weighted by molar-refractivity contribution is -0.118. The number of fused-ring (bicyclic) bond motifs is 3. The van der Waals surface area contributed by atoms with Gasteiger partial charge in [0.15, 0.2) is 0 Å². The van der Waals surface area contributed by atoms with E-state index >= 15 is 0 Å². The first kappa shape index (κ1) is 21.0. The topological polar surface area (TPSA) is 92.7 Å². The first-order chi connectivity index (χ1) is 15.7. The molecule has 1 aliphatic rings. The summed E-state index contributed by atoms with van der Waals surface area (Å²) in [6, 6.07) is 11.9. The molecule has 1 amide bonds. The third kappa shape index (κ3) is 4.49. The van der Waals surface area contributed by atoms with Crippen LogP contribution < -0.4 is 10.9 Å². The van der Waals surface area contributed by atoms with Gasteiger partial charge in [0, 0.05) is 24.0 Å². The smallest absolute Gasteiger partial charge is 0.259 e. The van der Waals surface area contributed by atoms with Crippen molar-refractivity contribution in [2.45, 2.75) is 31.4 Å². The SMILES string of the molecule is O=C(CSCc1nc2sc3c(c2c(=O)[nH]1)CCC3)NCCc1ccn(-c2ccccc2)n1. The number of rotatable bonds is 8. The van der Waals surface area contributed by atoms with Crippen molar-refractivity contribution >= 4 is 39.2 Å². The van der Waals surface area contributed by atoms with Gasteiger partial charge in [0.25, 0.3) is 5.56 Å². The standard InChI is InChI=1S/C23H23N5O2S2/c29-20(24-11-9-15-10-12-28(27-15)16-5-2-1-3-6-16)14-31-13-19-25-22(30)21-17-7-4-8-18(17)32-23(21)26-19/h1-3,5-6,10,12H,4,7-9,11,13-14H2,(H,24,29)(H,25,26,30). The quantitative estimate of drug-likeness (QED) is 0.417. The van der Waals surface area contributed by atoms with Crippen LogP contribution in [0.1, 0.15) is 28.4 Å². The van der Waals surface area contributed by atoms with Crippen molar-refractivity contribution in [2.75, 3.05) is 12.3 Å². The molecule has 1 aliphatic carbocycles. The van der Waals surface area contributed by atoms with E-state index in [2.05, 4.69) is 20.4 Å². The highest BCUT2D eigenvalue weighted by atomic mass is 32.2. The summed E-state index contributed by atoms with van der Waals surface area (Å²) in [4.78, 5) is 34.3. The van der Waals surface area contributed by atoms with Crippen LogP contribution in [0.15, 0.2) is 47.4 Å². The third-order valence-electron chi connectivity index (χ3n) is 5.46. The number of thiophene rings is 1. The number of carbonyl (C=O) groups is 1. The second-order valence-corrected chi connectivity index (χ2v) is 9.80. The highest BCUT2D eigenvalue weighted by Gasteiger charge is 2.21. The summed E-state index contributed by atoms with van der Waals surface area (Å²) < 4.78 is 1.83. The van der Waals surface area contributed by atoms with Gasteiger partial charge in [-0.15, -0.1) is 23.1 Å². The third-order valence-corrected chi connectivity index (χ3v) is 7.59. The molecular formula is C23H23N5O2S2. The fourth-order valence-corrected chi connectivity index (χ4v) is 5.96. The molecule has 0 bridgehead atoms. The Kier molecular flexibility index (Phi) is 6.09. The molecule has 2 N–H and O–H groups in total. The monoisotopic (exact) mass is 465 g/mol. The minimum Gasteiger partial charge on any atom is -0.355 e. The highest BCUT2D eigenvalue weighted by molar-refractivity contribution is 7.99. The Morgan fingerprint density at radius 2 is 2.09 bits per heavy atom. The molecule has 5 rings (SSSR count). The zero-order chi connectivity index (χ0) is 21.9. The summed E-state index contributed by atoms with van der Waals surface area (Å²) in [5, 5.41) is 8.25. The molecule has 7 nitrogen and oxygen atoms in total. The fraction of sp³-hybridized carbons (Fsp3) is 0.304. The van der Waals surface area contributed by atoms with E-state index in [0.29, 0.717) is 30.3 Å². The van der Waals surface area contributed by atoms with Crippen LogP contribution in [0.3, 0.4) is 0 Å². The molecule has 1 aromatic carbocycles. The second kappa shape index (κ2) is 9.30. The number of aryl methyl sites for hydroxylation is 2. The van der Waals surface area contributed by atoms with Crippen LogP contribution in [0.5, 0.6) is 0 Å². The Morgan fingerprint density at radius 1 is 1.22 bits per heavy atom. The number of hydrogen-bond acceptors (Lipinski definition) is 6. The predicted molar refractivity (Wildman–Crippen MR) is 129 cm³/mol. The maximum Gasteiger partial charge on any atom is 0.259 e. The molecule has 3 aromatic heterocycles. The lowest BCUT2D eigenvalue weighted by Gasteiger charge is -2.05. The maximum atomic E-state index is 12.5. The molecule has 0 fully saturated rings. The number of carbonyl (C=O) groups excluding carboxylic acids is 1. The van der Waals surface area contributed by atoms with Crippen molar-refractivity contribution in [3.8, 4) is 5.69 Å². The van der Waals surface area contributed by atoms with Gasteiger partial charge in [-0.3, -0.25) is 9.59 Å². The number of nitrogens with one attached hydrogen (secondary N) is 2. The van der Waals surface area contributed by atoms with Crippen LogP contribution in [0.2, 0.25) is 0 Å². The zero-order valence-corrected chi connectivity index (χ0v) is 19.1. The van der Waals surface area contributed by atoms with Crippen molar-refractivity contribution in [3.63, 3.8) is 0 Å². The Labute approximate surface area is 193 Å². The van der Waals surface area contributed by atoms with E-state index in [0.717, 1.165) is 40.9 Å². The minimum atomic E-state index is -0.0515. The van der Waals surface area contributed by atoms with Crippen molar-refractivity contribution < 1.29 is 4.79 Å². The lowest BCUT2D eigenvalue weighted by atomic mass is 10.2. The summed E-state index contributed by atoms with van der Waals surface area (Å²) in [6.45, 7) is 0.535. The first-order valence-corrected chi connectivity index (χ1v) is 12.6. The van der Waals surface area contributed by atoms with Gasteiger partial charge in [-0.25, -0.2) is 9.67 Å². The van der Waals surface area contributed by atoms with Crippen LogP contribution in [-0.2, 0) is 29.8 Å². The van der Waals surface area contributed by atoms with Crippen molar-refractivity contribution in [3.05, 3.63) is 74.9 Å². The number of aromatic amines is 1. The summed E-state index contributed by atoms with van der Waals surface area (Å²) in [5.41, 5.74) is 3.08. The number of hydrogen-bond donors (Lipinski definition) is 2. The number of aromatic nitrogens is 4. The molecule has 0 unspecified atom stereocenters. The second-order valence-electron chi connectivity index (χ2n) is 7.73. The summed E-state index contributed by atoms with van der Waals surface area (Å²) in [5.74, 6) is 1.42. The lowest BCUT2D eigenvalue weighted by Crippen LogP contribution is -2.27. The van der Waals surface area contributed by atoms with E-state index in [-0.39, 0.29) is 11.5 Å². The van der Waals surface area contributed by atoms with Crippen LogP contribution >= 0.6 is 23.1 Å². The number of amides is 1. The van der Waals surface area contributed by atoms with Crippen LogP contribution in [0, 0.1) is 0 Å². The zero-order valence-electron chi connectivity index (χ0n) is 17.5. The summed E-state index contributed by atoms with van der Waals surface area (Å²) in [6.07, 6.45) is 5.74. The van der Waals surface area contributed by atoms with Gasteiger partial charge in [-0.05, 0) is 43.0 Å². The molecule has 0 saturated heterocycles. The number of nitrogens with zero attached hydrogens (tertiary/aromatic N) is 3. The molecule has 0 aliphatic heterocycles. The van der Waals surface area contributed by atoms with E-state index in [1.54, 1.807) is 11.3 Å². The molecule has 3 heterocycles. The molecule has 32 heavy (non-hydrogen) atoms. The van der Waals surface area contributed by atoms with E-state index in [9.17, 15) is 9.59 Å². The normalized spacial score (nSPS) is 12.9. The number of para-hydroxylation sites is 1. The highest BCUT2D eigenvalue weighted by Crippen LogP contribution is 2.34. The summed E-state index contributed by atoms with van der Waals surface area (Å²) >= 11 is 3.09. The molecule has 4 aromatic rings. The fourth-order valence-electron chi connectivity index (χ4n) is 3.96. The average Bonchev–Trinajstić information content (AvgIpc) is 3.50. The molecule has 164 valence electrons. The molecule has 0 atom stereocenters. The summed E-state index contributed by atoms with van der Waals surface area (Å²) in [7, 11) is 0. The van der Waals surface area contributed by atoms with Crippen LogP contribution in [0.4, 0.5) is 0 Å². The number of H-pyrrole nitrogens is 1. The van der Waals surface area contributed by atoms with Gasteiger partial charge in [0.05, 0.1) is 28.3 Å². The van der Waals surface area contributed by atoms with Crippen LogP contribution in [0.25, 0.3) is 15.9 Å². The van der Waals surface area contributed by atoms with Gasteiger partial charge in [-0.2, -0.15) is 5.10 Å². The molecule has 0 saturated carbocycles. The number of benzene rings is 1. The van der Waals surface area contributed by atoms with E-state index in [4.69, 9.17) is 0 Å². The minimum absolute atomic E-state index is 0.0315. The maximum absolute atomic E-state index is 12.5. The van der Waals surface area contributed by atoms with Crippen LogP contribution in [-0.4, -0.2) is 38.0 Å². The Morgan fingerprint density at radius 3 is 2.97 bits per heavy atom. The molecule has 9 heteroatoms. The first-order valence-electron chi connectivity index (χ1n) is 10.7. The Bertz CT molecular complexity index is 1310. The predicted octanol–water partition coefficient (Wildman–Crippen LogP) is 3.25. The van der Waals surface area contributed by atoms with E-state index in [1.165, 1.54) is 22.2 Å². The van der Waals surface area contributed by atoms with Gasteiger partial charge in [-0.1, -0.05) is 18.2 Å². The van der Waals surface area contributed by atoms with Gasteiger partial charge in [0.1, 0.15) is 10.7 Å². The Balaban J connectivity index is 1.08. The van der Waals surface area contributed by atoms with Crippen molar-refractivity contribution in [2.24, 2.45) is 0 Å².